The highest BCUT2D eigenvalue weighted by molar-refractivity contribution is 5.98. The van der Waals surface area contributed by atoms with Gasteiger partial charge in [-0.1, -0.05) is 26.8 Å². The lowest BCUT2D eigenvalue weighted by molar-refractivity contribution is 0.0593. The number of hydrogen-bond acceptors (Lipinski definition) is 4. The highest BCUT2D eigenvalue weighted by atomic mass is 16.5. The molecule has 0 bridgehead atoms. The molecule has 0 amide bonds. The van der Waals surface area contributed by atoms with E-state index in [9.17, 15) is 9.59 Å². The predicted molar refractivity (Wildman–Crippen MR) is 67.8 cm³/mol. The summed E-state index contributed by atoms with van der Waals surface area (Å²) in [6.45, 7) is 5.80. The van der Waals surface area contributed by atoms with Crippen LogP contribution in [-0.4, -0.2) is 26.2 Å². The van der Waals surface area contributed by atoms with Gasteiger partial charge >= 0.3 is 11.9 Å². The van der Waals surface area contributed by atoms with E-state index >= 15 is 0 Å². The average molecular weight is 250 g/mol. The van der Waals surface area contributed by atoms with Gasteiger partial charge in [0.15, 0.2) is 0 Å². The summed E-state index contributed by atoms with van der Waals surface area (Å²) < 4.78 is 9.50. The minimum Gasteiger partial charge on any atom is -0.465 e. The van der Waals surface area contributed by atoms with E-state index in [2.05, 4.69) is 0 Å². The molecule has 18 heavy (non-hydrogen) atoms. The third-order valence-electron chi connectivity index (χ3n) is 2.63. The van der Waals surface area contributed by atoms with Crippen LogP contribution >= 0.6 is 0 Å². The van der Waals surface area contributed by atoms with E-state index in [4.69, 9.17) is 9.47 Å². The van der Waals surface area contributed by atoms with E-state index in [0.717, 1.165) is 0 Å². The Morgan fingerprint density at radius 1 is 0.944 bits per heavy atom. The van der Waals surface area contributed by atoms with E-state index in [1.807, 2.05) is 20.8 Å². The van der Waals surface area contributed by atoms with Crippen LogP contribution in [0.4, 0.5) is 0 Å². The summed E-state index contributed by atoms with van der Waals surface area (Å²) in [6, 6.07) is 4.95. The van der Waals surface area contributed by atoms with Gasteiger partial charge in [0.25, 0.3) is 0 Å². The van der Waals surface area contributed by atoms with Crippen molar-refractivity contribution >= 4 is 11.9 Å². The van der Waals surface area contributed by atoms with Crippen molar-refractivity contribution in [2.45, 2.75) is 26.2 Å². The van der Waals surface area contributed by atoms with Gasteiger partial charge < -0.3 is 9.47 Å². The summed E-state index contributed by atoms with van der Waals surface area (Å²) in [5.74, 6) is -0.906. The molecular formula is C14H18O4. The van der Waals surface area contributed by atoms with Crippen molar-refractivity contribution in [2.24, 2.45) is 0 Å². The summed E-state index contributed by atoms with van der Waals surface area (Å²) in [5, 5.41) is 0. The monoisotopic (exact) mass is 250 g/mol. The largest absolute Gasteiger partial charge is 0.465 e. The summed E-state index contributed by atoms with van der Waals surface area (Å²) in [4.78, 5) is 23.5. The molecule has 0 fully saturated rings. The zero-order valence-corrected chi connectivity index (χ0v) is 11.4. The van der Waals surface area contributed by atoms with Crippen molar-refractivity contribution in [1.29, 1.82) is 0 Å². The molecule has 0 N–H and O–H groups in total. The highest BCUT2D eigenvalue weighted by Crippen LogP contribution is 2.30. The quantitative estimate of drug-likeness (QED) is 0.757. The fraction of sp³-hybridized carbons (Fsp3) is 0.429. The molecule has 0 spiro atoms. The molecule has 0 aliphatic rings. The number of rotatable bonds is 2. The molecule has 0 radical (unpaired) electrons. The van der Waals surface area contributed by atoms with Crippen LogP contribution in [0.2, 0.25) is 0 Å². The molecule has 0 unspecified atom stereocenters. The van der Waals surface area contributed by atoms with Crippen LogP contribution in [0.25, 0.3) is 0 Å². The van der Waals surface area contributed by atoms with Gasteiger partial charge in [0.1, 0.15) is 0 Å². The highest BCUT2D eigenvalue weighted by Gasteiger charge is 2.28. The lowest BCUT2D eigenvalue weighted by atomic mass is 9.80. The Morgan fingerprint density at radius 3 is 1.61 bits per heavy atom. The maximum absolute atomic E-state index is 11.8. The van der Waals surface area contributed by atoms with E-state index in [1.165, 1.54) is 14.2 Å². The van der Waals surface area contributed by atoms with Gasteiger partial charge in [0.05, 0.1) is 25.3 Å². The third-order valence-corrected chi connectivity index (χ3v) is 2.63. The molecule has 98 valence electrons. The minimum atomic E-state index is -0.453. The zero-order chi connectivity index (χ0) is 13.9. The van der Waals surface area contributed by atoms with Gasteiger partial charge in [0, 0.05) is 0 Å². The van der Waals surface area contributed by atoms with E-state index in [1.54, 1.807) is 18.2 Å². The molecule has 4 nitrogen and oxygen atoms in total. The summed E-state index contributed by atoms with van der Waals surface area (Å²) in [7, 11) is 2.64. The van der Waals surface area contributed by atoms with Crippen molar-refractivity contribution in [3.63, 3.8) is 0 Å². The third kappa shape index (κ3) is 2.70. The number of esters is 2. The van der Waals surface area contributed by atoms with Crippen LogP contribution in [0.1, 0.15) is 47.1 Å². The standard InChI is InChI=1S/C14H18O4/c1-14(2,3)11-9(12(15)17-4)7-6-8-10(11)13(16)18-5/h6-8H,1-5H3. The predicted octanol–water partition coefficient (Wildman–Crippen LogP) is 2.56. The maximum atomic E-state index is 11.8. The molecule has 0 aromatic heterocycles. The number of carbonyl (C=O) groups is 2. The van der Waals surface area contributed by atoms with Crippen molar-refractivity contribution < 1.29 is 19.1 Å². The molecular weight excluding hydrogens is 232 g/mol. The van der Waals surface area contributed by atoms with Crippen LogP contribution < -0.4 is 0 Å². The smallest absolute Gasteiger partial charge is 0.338 e. The van der Waals surface area contributed by atoms with Gasteiger partial charge in [-0.15, -0.1) is 0 Å². The van der Waals surface area contributed by atoms with Crippen molar-refractivity contribution in [1.82, 2.24) is 0 Å². The Labute approximate surface area is 107 Å². The van der Waals surface area contributed by atoms with Gasteiger partial charge in [-0.25, -0.2) is 9.59 Å². The van der Waals surface area contributed by atoms with Crippen molar-refractivity contribution in [2.75, 3.05) is 14.2 Å². The Morgan fingerprint density at radius 2 is 1.33 bits per heavy atom. The maximum Gasteiger partial charge on any atom is 0.338 e. The normalized spacial score (nSPS) is 10.9. The molecule has 1 rings (SSSR count). The van der Waals surface area contributed by atoms with Gasteiger partial charge in [-0.05, 0) is 23.1 Å². The number of hydrogen-bond donors (Lipinski definition) is 0. The SMILES string of the molecule is COC(=O)c1cccc(C(=O)OC)c1C(C)(C)C. The molecule has 0 saturated carbocycles. The summed E-state index contributed by atoms with van der Waals surface area (Å²) in [5.41, 5.74) is 1.07. The second-order valence-electron chi connectivity index (χ2n) is 4.96. The first-order valence-corrected chi connectivity index (χ1v) is 5.63. The Bertz CT molecular complexity index is 435. The van der Waals surface area contributed by atoms with Gasteiger partial charge in [0.2, 0.25) is 0 Å². The van der Waals surface area contributed by atoms with E-state index < -0.39 is 11.9 Å². The second-order valence-corrected chi connectivity index (χ2v) is 4.96. The van der Waals surface area contributed by atoms with Crippen LogP contribution in [-0.2, 0) is 14.9 Å². The second kappa shape index (κ2) is 5.21. The molecule has 1 aromatic rings. The topological polar surface area (TPSA) is 52.6 Å². The Kier molecular flexibility index (Phi) is 4.11. The minimum absolute atomic E-state index is 0.367. The first-order valence-electron chi connectivity index (χ1n) is 5.63. The number of benzene rings is 1. The number of ether oxygens (including phenoxy) is 2. The first kappa shape index (κ1) is 14.2. The van der Waals surface area contributed by atoms with Crippen LogP contribution in [0, 0.1) is 0 Å². The Balaban J connectivity index is 3.55. The molecule has 1 aromatic carbocycles. The number of methoxy groups -OCH3 is 2. The first-order chi connectivity index (χ1) is 8.32. The van der Waals surface area contributed by atoms with Crippen LogP contribution in [0.5, 0.6) is 0 Å². The summed E-state index contributed by atoms with van der Waals surface area (Å²) in [6.07, 6.45) is 0. The van der Waals surface area contributed by atoms with E-state index in [0.29, 0.717) is 16.7 Å². The van der Waals surface area contributed by atoms with Crippen molar-refractivity contribution in [3.05, 3.63) is 34.9 Å². The summed E-state index contributed by atoms with van der Waals surface area (Å²) >= 11 is 0. The van der Waals surface area contributed by atoms with Crippen molar-refractivity contribution in [3.8, 4) is 0 Å². The average Bonchev–Trinajstić information content (AvgIpc) is 2.34. The van der Waals surface area contributed by atoms with Crippen LogP contribution in [0.3, 0.4) is 0 Å². The molecule has 0 aliphatic carbocycles. The van der Waals surface area contributed by atoms with Crippen LogP contribution in [0.15, 0.2) is 18.2 Å². The fourth-order valence-electron chi connectivity index (χ4n) is 1.92. The molecule has 0 heterocycles. The fourth-order valence-corrected chi connectivity index (χ4v) is 1.92. The lowest BCUT2D eigenvalue weighted by Gasteiger charge is -2.24. The lowest BCUT2D eigenvalue weighted by Crippen LogP contribution is -2.22. The Hall–Kier alpha value is -1.84. The molecule has 0 atom stereocenters. The zero-order valence-electron chi connectivity index (χ0n) is 11.4. The molecule has 4 heteroatoms. The van der Waals surface area contributed by atoms with E-state index in [-0.39, 0.29) is 5.41 Å². The number of carbonyl (C=O) groups excluding carboxylic acids is 2. The molecule has 0 aliphatic heterocycles. The van der Waals surface area contributed by atoms with Gasteiger partial charge in [-0.2, -0.15) is 0 Å². The molecule has 0 saturated heterocycles. The van der Waals surface area contributed by atoms with Gasteiger partial charge in [-0.3, -0.25) is 0 Å².